The van der Waals surface area contributed by atoms with Crippen molar-refractivity contribution in [3.63, 3.8) is 0 Å². The van der Waals surface area contributed by atoms with E-state index in [1.54, 1.807) is 30.3 Å². The molecule has 0 bridgehead atoms. The van der Waals surface area contributed by atoms with E-state index in [-0.39, 0.29) is 28.4 Å². The zero-order chi connectivity index (χ0) is 15.5. The molecule has 1 heterocycles. The number of aromatic nitrogens is 2. The van der Waals surface area contributed by atoms with Gasteiger partial charge in [-0.3, -0.25) is 0 Å². The maximum absolute atomic E-state index is 13.7. The maximum Gasteiger partial charge on any atom is 0.277 e. The molecule has 0 saturated heterocycles. The second-order valence-corrected chi connectivity index (χ2v) is 5.71. The van der Waals surface area contributed by atoms with Crippen LogP contribution in [-0.4, -0.2) is 15.3 Å². The number of hydrogen-bond acceptors (Lipinski definition) is 5. The van der Waals surface area contributed by atoms with Gasteiger partial charge in [0.15, 0.2) is 0 Å². The lowest BCUT2D eigenvalue weighted by Crippen LogP contribution is -1.88. The van der Waals surface area contributed by atoms with Crippen LogP contribution in [0.15, 0.2) is 52.1 Å². The molecule has 0 atom stereocenters. The highest BCUT2D eigenvalue weighted by Crippen LogP contribution is 2.32. The van der Waals surface area contributed by atoms with Crippen molar-refractivity contribution in [2.75, 3.05) is 0 Å². The first-order valence-electron chi connectivity index (χ1n) is 6.32. The molecule has 1 aromatic heterocycles. The standard InChI is InChI=1S/C15H10ClFN2O2S/c16-11-5-3-6-12(17)10(11)8-22-15-19-18-14(21-15)9-4-1-2-7-13(9)20/h1-7,20H,8H2. The van der Waals surface area contributed by atoms with Crippen LogP contribution in [0.5, 0.6) is 5.75 Å². The van der Waals surface area contributed by atoms with E-state index in [4.69, 9.17) is 16.0 Å². The first-order chi connectivity index (χ1) is 10.6. The van der Waals surface area contributed by atoms with Crippen molar-refractivity contribution in [3.05, 3.63) is 58.9 Å². The summed E-state index contributed by atoms with van der Waals surface area (Å²) in [5.74, 6) is 0.161. The summed E-state index contributed by atoms with van der Waals surface area (Å²) >= 11 is 7.14. The summed E-state index contributed by atoms with van der Waals surface area (Å²) in [6, 6.07) is 11.2. The number of phenolic OH excluding ortho intramolecular Hbond substituents is 1. The Morgan fingerprint density at radius 1 is 1.14 bits per heavy atom. The van der Waals surface area contributed by atoms with Gasteiger partial charge in [-0.05, 0) is 24.3 Å². The number of halogens is 2. The van der Waals surface area contributed by atoms with Gasteiger partial charge in [0.1, 0.15) is 11.6 Å². The number of thioether (sulfide) groups is 1. The second kappa shape index (κ2) is 6.37. The van der Waals surface area contributed by atoms with Crippen LogP contribution in [0.2, 0.25) is 5.02 Å². The van der Waals surface area contributed by atoms with Gasteiger partial charge in [0.05, 0.1) is 5.56 Å². The van der Waals surface area contributed by atoms with Gasteiger partial charge < -0.3 is 9.52 Å². The highest BCUT2D eigenvalue weighted by Gasteiger charge is 2.14. The molecule has 4 nitrogen and oxygen atoms in total. The van der Waals surface area contributed by atoms with Crippen LogP contribution in [0.3, 0.4) is 0 Å². The van der Waals surface area contributed by atoms with Crippen molar-refractivity contribution >= 4 is 23.4 Å². The zero-order valence-electron chi connectivity index (χ0n) is 11.2. The molecular weight excluding hydrogens is 327 g/mol. The highest BCUT2D eigenvalue weighted by atomic mass is 35.5. The third-order valence-electron chi connectivity index (χ3n) is 2.94. The molecule has 0 aliphatic carbocycles. The number of para-hydroxylation sites is 1. The van der Waals surface area contributed by atoms with Crippen LogP contribution in [0.25, 0.3) is 11.5 Å². The van der Waals surface area contributed by atoms with E-state index in [1.807, 2.05) is 0 Å². The lowest BCUT2D eigenvalue weighted by Gasteiger charge is -2.03. The smallest absolute Gasteiger partial charge is 0.277 e. The van der Waals surface area contributed by atoms with Crippen LogP contribution >= 0.6 is 23.4 Å². The quantitative estimate of drug-likeness (QED) is 0.709. The Labute approximate surface area is 134 Å². The van der Waals surface area contributed by atoms with Crippen LogP contribution in [0.4, 0.5) is 4.39 Å². The molecule has 0 radical (unpaired) electrons. The zero-order valence-corrected chi connectivity index (χ0v) is 12.7. The molecule has 0 amide bonds. The Balaban J connectivity index is 1.77. The van der Waals surface area contributed by atoms with E-state index >= 15 is 0 Å². The Kier molecular flexibility index (Phi) is 4.31. The minimum Gasteiger partial charge on any atom is -0.507 e. The van der Waals surface area contributed by atoms with Gasteiger partial charge >= 0.3 is 0 Å². The first-order valence-corrected chi connectivity index (χ1v) is 7.69. The van der Waals surface area contributed by atoms with Crippen molar-refractivity contribution in [1.82, 2.24) is 10.2 Å². The van der Waals surface area contributed by atoms with E-state index < -0.39 is 0 Å². The number of hydrogen-bond donors (Lipinski definition) is 1. The normalized spacial score (nSPS) is 10.8. The lowest BCUT2D eigenvalue weighted by molar-refractivity contribution is 0.452. The second-order valence-electron chi connectivity index (χ2n) is 4.38. The largest absolute Gasteiger partial charge is 0.507 e. The van der Waals surface area contributed by atoms with Gasteiger partial charge in [0.25, 0.3) is 11.1 Å². The van der Waals surface area contributed by atoms with Gasteiger partial charge in [-0.2, -0.15) is 0 Å². The molecule has 3 aromatic rings. The van der Waals surface area contributed by atoms with E-state index in [9.17, 15) is 9.50 Å². The molecule has 112 valence electrons. The van der Waals surface area contributed by atoms with E-state index in [0.29, 0.717) is 16.1 Å². The summed E-state index contributed by atoms with van der Waals surface area (Å²) < 4.78 is 19.1. The van der Waals surface area contributed by atoms with Gasteiger partial charge in [-0.25, -0.2) is 4.39 Å². The fourth-order valence-corrected chi connectivity index (χ4v) is 2.94. The summed E-state index contributed by atoms with van der Waals surface area (Å²) in [5.41, 5.74) is 0.835. The van der Waals surface area contributed by atoms with Gasteiger partial charge in [0, 0.05) is 16.3 Å². The van der Waals surface area contributed by atoms with E-state index in [1.165, 1.54) is 23.9 Å². The molecule has 0 aliphatic rings. The number of phenols is 1. The molecule has 1 N–H and O–H groups in total. The molecule has 22 heavy (non-hydrogen) atoms. The summed E-state index contributed by atoms with van der Waals surface area (Å²) in [6.07, 6.45) is 0. The van der Waals surface area contributed by atoms with E-state index in [0.717, 1.165) is 0 Å². The minimum atomic E-state index is -0.375. The molecule has 0 saturated carbocycles. The summed E-state index contributed by atoms with van der Waals surface area (Å²) in [7, 11) is 0. The first kappa shape index (κ1) is 14.9. The SMILES string of the molecule is Oc1ccccc1-c1nnc(SCc2c(F)cccc2Cl)o1. The fourth-order valence-electron chi connectivity index (χ4n) is 1.84. The van der Waals surface area contributed by atoms with Gasteiger partial charge in [-0.1, -0.05) is 41.6 Å². The third-order valence-corrected chi connectivity index (χ3v) is 4.14. The van der Waals surface area contributed by atoms with Crippen molar-refractivity contribution in [2.24, 2.45) is 0 Å². The molecule has 3 rings (SSSR count). The average Bonchev–Trinajstić information content (AvgIpc) is 2.96. The Morgan fingerprint density at radius 3 is 2.73 bits per heavy atom. The van der Waals surface area contributed by atoms with Gasteiger partial charge in [-0.15, -0.1) is 10.2 Å². The Hall–Kier alpha value is -2.05. The van der Waals surface area contributed by atoms with Crippen molar-refractivity contribution in [3.8, 4) is 17.2 Å². The van der Waals surface area contributed by atoms with E-state index in [2.05, 4.69) is 10.2 Å². The topological polar surface area (TPSA) is 59.2 Å². The minimum absolute atomic E-state index is 0.0554. The monoisotopic (exact) mass is 336 g/mol. The van der Waals surface area contributed by atoms with Crippen molar-refractivity contribution in [1.29, 1.82) is 0 Å². The lowest BCUT2D eigenvalue weighted by atomic mass is 10.2. The Bertz CT molecular complexity index is 789. The van der Waals surface area contributed by atoms with Crippen molar-refractivity contribution in [2.45, 2.75) is 11.0 Å². The third kappa shape index (κ3) is 3.08. The molecule has 0 fully saturated rings. The predicted molar refractivity (Wildman–Crippen MR) is 82.4 cm³/mol. The average molecular weight is 337 g/mol. The number of aromatic hydroxyl groups is 1. The van der Waals surface area contributed by atoms with Crippen molar-refractivity contribution < 1.29 is 13.9 Å². The molecule has 0 spiro atoms. The number of nitrogens with zero attached hydrogens (tertiary/aromatic N) is 2. The van der Waals surface area contributed by atoms with Crippen LogP contribution in [0.1, 0.15) is 5.56 Å². The molecule has 7 heteroatoms. The van der Waals surface area contributed by atoms with Crippen LogP contribution in [-0.2, 0) is 5.75 Å². The predicted octanol–water partition coefficient (Wildman–Crippen LogP) is 4.53. The molecule has 0 aliphatic heterocycles. The maximum atomic E-state index is 13.7. The molecular formula is C15H10ClFN2O2S. The Morgan fingerprint density at radius 2 is 1.95 bits per heavy atom. The summed E-state index contributed by atoms with van der Waals surface area (Å²) in [6.45, 7) is 0. The molecule has 0 unspecified atom stereocenters. The molecule has 2 aromatic carbocycles. The van der Waals surface area contributed by atoms with Gasteiger partial charge in [0.2, 0.25) is 0 Å². The summed E-state index contributed by atoms with van der Waals surface area (Å²) in [5, 5.41) is 18.1. The summed E-state index contributed by atoms with van der Waals surface area (Å²) in [4.78, 5) is 0. The number of benzene rings is 2. The van der Waals surface area contributed by atoms with Crippen LogP contribution < -0.4 is 0 Å². The van der Waals surface area contributed by atoms with Crippen LogP contribution in [0, 0.1) is 5.82 Å². The highest BCUT2D eigenvalue weighted by molar-refractivity contribution is 7.98. The number of rotatable bonds is 4. The fraction of sp³-hybridized carbons (Fsp3) is 0.0667.